The molecule has 67 heavy (non-hydrogen) atoms. The summed E-state index contributed by atoms with van der Waals surface area (Å²) in [5, 5.41) is 8.16. The van der Waals surface area contributed by atoms with Gasteiger partial charge in [-0.3, -0.25) is 9.59 Å². The lowest BCUT2D eigenvalue weighted by Crippen LogP contribution is -2.50. The van der Waals surface area contributed by atoms with Crippen molar-refractivity contribution in [3.05, 3.63) is 180 Å². The third-order valence-electron chi connectivity index (χ3n) is 12.6. The fourth-order valence-corrected chi connectivity index (χ4v) is 10.5. The van der Waals surface area contributed by atoms with Crippen LogP contribution >= 0.6 is 0 Å². The molecule has 16 heteroatoms. The van der Waals surface area contributed by atoms with E-state index in [9.17, 15) is 30.8 Å². The molecular formula is C51H46F4N6O5S. The summed E-state index contributed by atoms with van der Waals surface area (Å²) in [6.07, 6.45) is -5.09. The van der Waals surface area contributed by atoms with Crippen LogP contribution in [0.5, 0.6) is 0 Å². The van der Waals surface area contributed by atoms with Crippen molar-refractivity contribution in [1.82, 2.24) is 14.7 Å². The van der Waals surface area contributed by atoms with Gasteiger partial charge < -0.3 is 24.8 Å². The summed E-state index contributed by atoms with van der Waals surface area (Å²) in [4.78, 5) is 33.0. The number of alkyl halides is 3. The van der Waals surface area contributed by atoms with Gasteiger partial charge >= 0.3 is 12.1 Å². The van der Waals surface area contributed by atoms with Gasteiger partial charge in [0, 0.05) is 56.5 Å². The lowest BCUT2D eigenvalue weighted by molar-refractivity contribution is -0.171. The zero-order valence-electron chi connectivity index (χ0n) is 36.4. The number of fused-ring (bicyclic) bond motifs is 1. The molecule has 6 aromatic carbocycles. The van der Waals surface area contributed by atoms with Gasteiger partial charge in [0.15, 0.2) is 5.82 Å². The zero-order valence-corrected chi connectivity index (χ0v) is 37.2. The maximum atomic E-state index is 15.1. The Bertz CT molecular complexity index is 2930. The summed E-state index contributed by atoms with van der Waals surface area (Å²) in [6, 6.07) is 41.0. The molecule has 3 heterocycles. The highest BCUT2D eigenvalue weighted by Gasteiger charge is 2.47. The van der Waals surface area contributed by atoms with Crippen LogP contribution in [0.2, 0.25) is 0 Å². The van der Waals surface area contributed by atoms with Gasteiger partial charge in [0.2, 0.25) is 9.84 Å². The molecule has 0 radical (unpaired) electrons. The Morgan fingerprint density at radius 3 is 1.87 bits per heavy atom. The van der Waals surface area contributed by atoms with Crippen LogP contribution in [0.15, 0.2) is 161 Å². The van der Waals surface area contributed by atoms with Crippen molar-refractivity contribution in [2.45, 2.75) is 40.4 Å². The first-order valence-corrected chi connectivity index (χ1v) is 23.3. The number of sulfone groups is 1. The fourth-order valence-electron chi connectivity index (χ4n) is 9.19. The Morgan fingerprint density at radius 1 is 0.716 bits per heavy atom. The third kappa shape index (κ3) is 8.67. The van der Waals surface area contributed by atoms with Crippen molar-refractivity contribution in [1.29, 1.82) is 0 Å². The van der Waals surface area contributed by atoms with E-state index in [2.05, 4.69) is 10.2 Å². The average molecular weight is 931 g/mol. The van der Waals surface area contributed by atoms with Crippen LogP contribution in [-0.2, 0) is 24.9 Å². The van der Waals surface area contributed by atoms with E-state index in [1.807, 2.05) is 103 Å². The second kappa shape index (κ2) is 18.4. The largest absolute Gasteiger partial charge is 0.471 e. The molecule has 0 aliphatic carbocycles. The van der Waals surface area contributed by atoms with Gasteiger partial charge in [-0.05, 0) is 91.2 Å². The van der Waals surface area contributed by atoms with E-state index in [-0.39, 0.29) is 58.3 Å². The van der Waals surface area contributed by atoms with E-state index in [0.717, 1.165) is 28.8 Å². The molecule has 0 saturated carbocycles. The summed E-state index contributed by atoms with van der Waals surface area (Å²) >= 11 is 0. The Hall–Kier alpha value is -6.88. The number of halogens is 4. The lowest BCUT2D eigenvalue weighted by Gasteiger charge is -2.37. The van der Waals surface area contributed by atoms with Crippen molar-refractivity contribution < 1.29 is 40.3 Å². The molecule has 2 aliphatic rings. The second-order valence-corrected chi connectivity index (χ2v) is 18.6. The number of aromatic nitrogens is 2. The van der Waals surface area contributed by atoms with Gasteiger partial charge in [0.1, 0.15) is 11.4 Å². The van der Waals surface area contributed by atoms with Crippen molar-refractivity contribution >= 4 is 49.7 Å². The maximum Gasteiger partial charge on any atom is 0.471 e. The number of hydrogen-bond acceptors (Lipinski definition) is 8. The Labute approximate surface area is 385 Å². The molecule has 2 fully saturated rings. The van der Waals surface area contributed by atoms with Gasteiger partial charge in [0.05, 0.1) is 26.6 Å². The van der Waals surface area contributed by atoms with Gasteiger partial charge in [-0.15, -0.1) is 0 Å². The highest BCUT2D eigenvalue weighted by atomic mass is 32.2. The number of piperazine rings is 1. The first-order chi connectivity index (χ1) is 32.3. The molecule has 0 bridgehead atoms. The number of amides is 2. The quantitative estimate of drug-likeness (QED) is 0.101. The first kappa shape index (κ1) is 45.3. The van der Waals surface area contributed by atoms with Crippen LogP contribution in [0.3, 0.4) is 0 Å². The smallest absolute Gasteiger partial charge is 0.381 e. The molecule has 0 atom stereocenters. The lowest BCUT2D eigenvalue weighted by atomic mass is 9.77. The Morgan fingerprint density at radius 2 is 1.30 bits per heavy atom. The van der Waals surface area contributed by atoms with E-state index in [4.69, 9.17) is 9.84 Å². The van der Waals surface area contributed by atoms with Crippen molar-refractivity contribution in [3.63, 3.8) is 0 Å². The van der Waals surface area contributed by atoms with Crippen LogP contribution in [0, 0.1) is 5.82 Å². The summed E-state index contributed by atoms with van der Waals surface area (Å²) in [7, 11) is -2.39. The van der Waals surface area contributed by atoms with Crippen molar-refractivity contribution in [3.8, 4) is 0 Å². The van der Waals surface area contributed by atoms with E-state index >= 15 is 4.79 Å². The molecule has 2 amide bonds. The van der Waals surface area contributed by atoms with Crippen LogP contribution in [0.25, 0.3) is 10.9 Å². The number of likely N-dealkylation sites (N-methyl/N-ethyl adjacent to an activating group) is 1. The number of nitrogens with one attached hydrogen (secondary N) is 1. The number of nitrogens with zero attached hydrogens (tertiary/aromatic N) is 5. The second-order valence-electron chi connectivity index (χ2n) is 16.7. The zero-order chi connectivity index (χ0) is 46.9. The Balaban J connectivity index is 1.27. The predicted molar refractivity (Wildman–Crippen MR) is 248 cm³/mol. The van der Waals surface area contributed by atoms with Crippen molar-refractivity contribution in [2.75, 3.05) is 61.6 Å². The first-order valence-electron chi connectivity index (χ1n) is 21.8. The molecule has 1 aromatic heterocycles. The van der Waals surface area contributed by atoms with Gasteiger partial charge in [-0.2, -0.15) is 18.3 Å². The summed E-state index contributed by atoms with van der Waals surface area (Å²) in [5.74, 6) is -3.90. The molecule has 344 valence electrons. The highest BCUT2D eigenvalue weighted by molar-refractivity contribution is 7.91. The van der Waals surface area contributed by atoms with Gasteiger partial charge in [-0.25, -0.2) is 17.5 Å². The molecular weight excluding hydrogens is 885 g/mol. The van der Waals surface area contributed by atoms with Crippen LogP contribution in [0.1, 0.15) is 39.9 Å². The number of anilines is 3. The number of hydrogen-bond donors (Lipinski definition) is 1. The summed E-state index contributed by atoms with van der Waals surface area (Å²) in [6.45, 7) is 2.71. The standard InChI is InChI=1S/C51H46F4N6O5S/c1-58-26-28-59(29-27-58)40-20-22-43(46(33-40)60(49(63)51(53,54)55)39-24-30-66-31-25-39)48(62)56-47-44-34-42(67(64,65)41-19-11-18-38(52)32-41)21-23-45(44)61(57-47)50(35-12-5-2-6-13-35,36-14-7-3-8-15-36)37-16-9-4-10-17-37/h2-23,32-34,39H,24-31H2,1H3,(H,56,57,62). The molecule has 7 aromatic rings. The average Bonchev–Trinajstić information content (AvgIpc) is 3.70. The number of ether oxygens (including phenoxy) is 1. The van der Waals surface area contributed by atoms with E-state index in [0.29, 0.717) is 42.3 Å². The normalized spacial score (nSPS) is 15.4. The number of rotatable bonds is 11. The van der Waals surface area contributed by atoms with Gasteiger partial charge in [0.25, 0.3) is 5.91 Å². The minimum atomic E-state index is -5.29. The van der Waals surface area contributed by atoms with E-state index < -0.39 is 45.2 Å². The van der Waals surface area contributed by atoms with Crippen LogP contribution in [-0.4, -0.2) is 93.6 Å². The summed E-state index contributed by atoms with van der Waals surface area (Å²) < 4.78 is 94.2. The van der Waals surface area contributed by atoms with E-state index in [1.165, 1.54) is 36.4 Å². The molecule has 2 aliphatic heterocycles. The SMILES string of the molecule is CN1CCN(c2ccc(C(=O)Nc3nn(C(c4ccccc4)(c4ccccc4)c4ccccc4)c4ccc(S(=O)(=O)c5cccc(F)c5)cc34)c(N(C(=O)C(F)(F)F)C3CCOCC3)c2)CC1. The minimum Gasteiger partial charge on any atom is -0.381 e. The molecule has 11 nitrogen and oxygen atoms in total. The fraction of sp³-hybridized carbons (Fsp3) is 0.235. The van der Waals surface area contributed by atoms with Crippen molar-refractivity contribution in [2.24, 2.45) is 0 Å². The molecule has 9 rings (SSSR count). The summed E-state index contributed by atoms with van der Waals surface area (Å²) in [5.41, 5.74) is 1.41. The molecule has 2 saturated heterocycles. The predicted octanol–water partition coefficient (Wildman–Crippen LogP) is 8.93. The highest BCUT2D eigenvalue weighted by Crippen LogP contribution is 2.44. The van der Waals surface area contributed by atoms with Gasteiger partial charge in [-0.1, -0.05) is 97.1 Å². The topological polar surface area (TPSA) is 117 Å². The third-order valence-corrected chi connectivity index (χ3v) is 14.3. The Kier molecular flexibility index (Phi) is 12.5. The van der Waals surface area contributed by atoms with Crippen LogP contribution in [0.4, 0.5) is 34.8 Å². The number of carbonyl (C=O) groups excluding carboxylic acids is 2. The maximum absolute atomic E-state index is 15.1. The molecule has 1 N–H and O–H groups in total. The molecule has 0 unspecified atom stereocenters. The molecule has 0 spiro atoms. The van der Waals surface area contributed by atoms with E-state index in [1.54, 1.807) is 16.8 Å². The number of benzene rings is 6. The minimum absolute atomic E-state index is 0.0970. The monoisotopic (exact) mass is 930 g/mol. The number of carbonyl (C=O) groups is 2. The van der Waals surface area contributed by atoms with Crippen LogP contribution < -0.4 is 15.1 Å².